The van der Waals surface area contributed by atoms with E-state index in [9.17, 15) is 10.1 Å². The molecule has 0 aliphatic carbocycles. The molecule has 29 heavy (non-hydrogen) atoms. The molecule has 2 aliphatic rings. The predicted molar refractivity (Wildman–Crippen MR) is 110 cm³/mol. The maximum atomic E-state index is 12.8. The van der Waals surface area contributed by atoms with E-state index in [1.54, 1.807) is 17.0 Å². The Morgan fingerprint density at radius 3 is 2.66 bits per heavy atom. The molecule has 1 atom stereocenters. The zero-order valence-electron chi connectivity index (χ0n) is 16.5. The molecule has 6 heteroatoms. The minimum Gasteiger partial charge on any atom is -0.326 e. The average Bonchev–Trinajstić information content (AvgIpc) is 3.16. The van der Waals surface area contributed by atoms with Crippen LogP contribution >= 0.6 is 0 Å². The Balaban J connectivity index is 1.66. The van der Waals surface area contributed by atoms with Crippen molar-refractivity contribution in [2.45, 2.75) is 25.9 Å². The van der Waals surface area contributed by atoms with Gasteiger partial charge < -0.3 is 15.1 Å². The van der Waals surface area contributed by atoms with Crippen LogP contribution in [0.1, 0.15) is 29.5 Å². The molecule has 6 nitrogen and oxygen atoms in total. The highest BCUT2D eigenvalue weighted by Gasteiger charge is 2.26. The molecule has 1 fully saturated rings. The Labute approximate surface area is 171 Å². The highest BCUT2D eigenvalue weighted by Crippen LogP contribution is 2.36. The number of anilines is 1. The van der Waals surface area contributed by atoms with Crippen LogP contribution in [0.25, 0.3) is 11.1 Å². The molecule has 2 aromatic carbocycles. The Morgan fingerprint density at radius 2 is 1.97 bits per heavy atom. The van der Waals surface area contributed by atoms with E-state index < -0.39 is 0 Å². The van der Waals surface area contributed by atoms with Crippen molar-refractivity contribution in [3.05, 3.63) is 53.1 Å². The number of fused-ring (bicyclic) bond motifs is 1. The molecule has 1 amide bonds. The lowest BCUT2D eigenvalue weighted by Gasteiger charge is -2.28. The number of carbonyl (C=O) groups is 1. The first kappa shape index (κ1) is 19.0. The summed E-state index contributed by atoms with van der Waals surface area (Å²) in [6.07, 6.45) is 4.16. The van der Waals surface area contributed by atoms with Gasteiger partial charge in [0.15, 0.2) is 6.19 Å². The van der Waals surface area contributed by atoms with Crippen LogP contribution in [0.4, 0.5) is 5.69 Å². The van der Waals surface area contributed by atoms with Gasteiger partial charge in [-0.05, 0) is 73.0 Å². The van der Waals surface area contributed by atoms with Gasteiger partial charge in [0.2, 0.25) is 5.91 Å². The number of nitrogens with one attached hydrogen (secondary N) is 1. The normalized spacial score (nSPS) is 18.6. The number of nitriles is 2. The second kappa shape index (κ2) is 7.95. The third-order valence-electron chi connectivity index (χ3n) is 5.78. The molecule has 0 aromatic heterocycles. The van der Waals surface area contributed by atoms with Crippen molar-refractivity contribution in [1.82, 2.24) is 9.80 Å². The molecule has 0 spiro atoms. The summed E-state index contributed by atoms with van der Waals surface area (Å²) in [5.41, 5.74) is 5.52. The minimum atomic E-state index is -0.00373. The minimum absolute atomic E-state index is 0.00373. The highest BCUT2D eigenvalue weighted by molar-refractivity contribution is 5.94. The Bertz CT molecular complexity index is 1020. The first-order chi connectivity index (χ1) is 14.1. The predicted octanol–water partition coefficient (Wildman–Crippen LogP) is 3.30. The second-order valence-electron chi connectivity index (χ2n) is 7.90. The molecule has 1 saturated heterocycles. The van der Waals surface area contributed by atoms with Crippen molar-refractivity contribution in [2.24, 2.45) is 5.92 Å². The molecule has 2 aliphatic heterocycles. The number of carbonyl (C=O) groups excluding carboxylic acids is 1. The summed E-state index contributed by atoms with van der Waals surface area (Å²) < 4.78 is 0. The maximum absolute atomic E-state index is 12.8. The number of likely N-dealkylation sites (tertiary alicyclic amines) is 1. The zero-order chi connectivity index (χ0) is 20.4. The Morgan fingerprint density at radius 1 is 1.17 bits per heavy atom. The van der Waals surface area contributed by atoms with Crippen LogP contribution in [0.15, 0.2) is 36.4 Å². The number of piperidine rings is 1. The molecule has 146 valence electrons. The fraction of sp³-hybridized carbons (Fsp3) is 0.348. The van der Waals surface area contributed by atoms with Crippen molar-refractivity contribution in [2.75, 3.05) is 25.5 Å². The summed E-state index contributed by atoms with van der Waals surface area (Å²) in [5, 5.41) is 21.5. The summed E-state index contributed by atoms with van der Waals surface area (Å²) in [4.78, 5) is 16.7. The quantitative estimate of drug-likeness (QED) is 0.820. The average molecular weight is 385 g/mol. The number of benzene rings is 2. The summed E-state index contributed by atoms with van der Waals surface area (Å²) in [5.74, 6) is 0.0494. The van der Waals surface area contributed by atoms with Gasteiger partial charge in [0.25, 0.3) is 0 Å². The van der Waals surface area contributed by atoms with E-state index in [-0.39, 0.29) is 11.8 Å². The van der Waals surface area contributed by atoms with Crippen LogP contribution in [0.2, 0.25) is 0 Å². The van der Waals surface area contributed by atoms with Gasteiger partial charge in [-0.3, -0.25) is 4.79 Å². The molecular formula is C23H23N5O. The van der Waals surface area contributed by atoms with Crippen LogP contribution in [0, 0.1) is 28.7 Å². The first-order valence-electron chi connectivity index (χ1n) is 9.88. The molecule has 0 radical (unpaired) electrons. The number of hydrogen-bond donors (Lipinski definition) is 1. The van der Waals surface area contributed by atoms with Crippen LogP contribution in [-0.2, 0) is 17.9 Å². The molecule has 1 N–H and O–H groups in total. The van der Waals surface area contributed by atoms with Gasteiger partial charge in [0.05, 0.1) is 30.6 Å². The largest absolute Gasteiger partial charge is 0.326 e. The standard InChI is InChI=1S/C23H23N5O/c1-27-8-2-3-18(12-27)23(29)26-20-9-19-13-28(15-25)14-22(19)21(10-20)17-6-4-16(11-24)5-7-17/h4-7,9-10,18H,2-3,8,12-14H2,1H3,(H,26,29)/t18-/m1/s1. The van der Waals surface area contributed by atoms with Gasteiger partial charge in [-0.2, -0.15) is 10.5 Å². The van der Waals surface area contributed by atoms with Crippen molar-refractivity contribution in [1.29, 1.82) is 10.5 Å². The van der Waals surface area contributed by atoms with Gasteiger partial charge >= 0.3 is 0 Å². The van der Waals surface area contributed by atoms with E-state index in [4.69, 9.17) is 5.26 Å². The topological polar surface area (TPSA) is 83.2 Å². The van der Waals surface area contributed by atoms with E-state index >= 15 is 0 Å². The Kier molecular flexibility index (Phi) is 5.20. The SMILES string of the molecule is CN1CCC[C@@H](C(=O)Nc2cc3c(c(-c4ccc(C#N)cc4)c2)CN(C#N)C3)C1. The first-order valence-corrected chi connectivity index (χ1v) is 9.88. The van der Waals surface area contributed by atoms with E-state index in [1.165, 1.54) is 0 Å². The molecular weight excluding hydrogens is 362 g/mol. The van der Waals surface area contributed by atoms with Crippen molar-refractivity contribution < 1.29 is 4.79 Å². The third kappa shape index (κ3) is 3.94. The van der Waals surface area contributed by atoms with Crippen molar-refractivity contribution >= 4 is 11.6 Å². The van der Waals surface area contributed by atoms with E-state index in [0.717, 1.165) is 53.9 Å². The highest BCUT2D eigenvalue weighted by atomic mass is 16.1. The molecule has 2 heterocycles. The smallest absolute Gasteiger partial charge is 0.228 e. The second-order valence-corrected chi connectivity index (χ2v) is 7.90. The lowest BCUT2D eigenvalue weighted by molar-refractivity contribution is -0.121. The molecule has 4 rings (SSSR count). The van der Waals surface area contributed by atoms with Gasteiger partial charge in [0, 0.05) is 12.2 Å². The monoisotopic (exact) mass is 385 g/mol. The molecule has 0 bridgehead atoms. The van der Waals surface area contributed by atoms with Crippen LogP contribution < -0.4 is 5.32 Å². The van der Waals surface area contributed by atoms with E-state index in [2.05, 4.69) is 22.5 Å². The maximum Gasteiger partial charge on any atom is 0.228 e. The molecule has 0 unspecified atom stereocenters. The lowest BCUT2D eigenvalue weighted by Crippen LogP contribution is -2.38. The third-order valence-corrected chi connectivity index (χ3v) is 5.78. The molecule has 2 aromatic rings. The number of amides is 1. The summed E-state index contributed by atoms with van der Waals surface area (Å²) in [6, 6.07) is 13.6. The fourth-order valence-electron chi connectivity index (χ4n) is 4.26. The molecule has 0 saturated carbocycles. The van der Waals surface area contributed by atoms with Crippen molar-refractivity contribution in [3.63, 3.8) is 0 Å². The van der Waals surface area contributed by atoms with Gasteiger partial charge in [-0.25, -0.2) is 0 Å². The lowest BCUT2D eigenvalue weighted by atomic mass is 9.94. The Hall–Kier alpha value is -3.35. The number of nitrogens with zero attached hydrogens (tertiary/aromatic N) is 4. The van der Waals surface area contributed by atoms with Crippen molar-refractivity contribution in [3.8, 4) is 23.4 Å². The van der Waals surface area contributed by atoms with Crippen LogP contribution in [-0.4, -0.2) is 35.8 Å². The van der Waals surface area contributed by atoms with Gasteiger partial charge in [-0.1, -0.05) is 12.1 Å². The van der Waals surface area contributed by atoms with Gasteiger partial charge in [-0.15, -0.1) is 0 Å². The fourth-order valence-corrected chi connectivity index (χ4v) is 4.26. The van der Waals surface area contributed by atoms with E-state index in [1.807, 2.05) is 31.3 Å². The van der Waals surface area contributed by atoms with Crippen LogP contribution in [0.5, 0.6) is 0 Å². The number of hydrogen-bond acceptors (Lipinski definition) is 5. The number of rotatable bonds is 3. The van der Waals surface area contributed by atoms with E-state index in [0.29, 0.717) is 18.7 Å². The summed E-state index contributed by atoms with van der Waals surface area (Å²) in [6.45, 7) is 2.92. The summed E-state index contributed by atoms with van der Waals surface area (Å²) >= 11 is 0. The zero-order valence-corrected chi connectivity index (χ0v) is 16.5. The van der Waals surface area contributed by atoms with Gasteiger partial charge in [0.1, 0.15) is 0 Å². The summed E-state index contributed by atoms with van der Waals surface area (Å²) in [7, 11) is 2.05. The van der Waals surface area contributed by atoms with Crippen LogP contribution in [0.3, 0.4) is 0 Å².